The smallest absolute Gasteiger partial charge is 0.224 e. The minimum atomic E-state index is -0.266. The topological polar surface area (TPSA) is 42.7 Å². The number of nitrogens with one attached hydrogen (secondary N) is 1. The molecule has 0 radical (unpaired) electrons. The lowest BCUT2D eigenvalue weighted by Gasteiger charge is -2.07. The maximum atomic E-state index is 13.2. The molecule has 1 N–H and O–H groups in total. The summed E-state index contributed by atoms with van der Waals surface area (Å²) in [4.78, 5) is 0. The lowest BCUT2D eigenvalue weighted by molar-refractivity contribution is 0.628. The Balaban J connectivity index is 2.45. The van der Waals surface area contributed by atoms with Crippen molar-refractivity contribution < 1.29 is 4.39 Å². The third-order valence-corrected chi connectivity index (χ3v) is 2.48. The first-order valence-electron chi connectivity index (χ1n) is 5.69. The summed E-state index contributed by atoms with van der Waals surface area (Å²) in [6.45, 7) is 5.52. The van der Waals surface area contributed by atoms with Gasteiger partial charge in [0.05, 0.1) is 0 Å². The van der Waals surface area contributed by atoms with E-state index in [2.05, 4.69) is 15.5 Å². The SMILES string of the molecule is CCNc1nnc(-c2cccc(F)c2)n1CC. The van der Waals surface area contributed by atoms with E-state index in [-0.39, 0.29) is 5.82 Å². The largest absolute Gasteiger partial charge is 0.355 e. The van der Waals surface area contributed by atoms with Crippen LogP contribution in [0.5, 0.6) is 0 Å². The van der Waals surface area contributed by atoms with Crippen molar-refractivity contribution in [3.05, 3.63) is 30.1 Å². The minimum absolute atomic E-state index is 0.266. The molecule has 0 atom stereocenters. The minimum Gasteiger partial charge on any atom is -0.355 e. The van der Waals surface area contributed by atoms with Crippen LogP contribution < -0.4 is 5.32 Å². The van der Waals surface area contributed by atoms with Gasteiger partial charge in [0.15, 0.2) is 5.82 Å². The Labute approximate surface area is 99.5 Å². The van der Waals surface area contributed by atoms with E-state index in [4.69, 9.17) is 0 Å². The molecule has 0 saturated carbocycles. The first-order valence-corrected chi connectivity index (χ1v) is 5.69. The average Bonchev–Trinajstić information content (AvgIpc) is 2.72. The molecule has 0 aliphatic carbocycles. The molecule has 5 heteroatoms. The van der Waals surface area contributed by atoms with E-state index < -0.39 is 0 Å². The summed E-state index contributed by atoms with van der Waals surface area (Å²) < 4.78 is 15.1. The summed E-state index contributed by atoms with van der Waals surface area (Å²) in [5.74, 6) is 1.13. The third-order valence-electron chi connectivity index (χ3n) is 2.48. The second-order valence-electron chi connectivity index (χ2n) is 3.63. The van der Waals surface area contributed by atoms with Crippen molar-refractivity contribution in [3.8, 4) is 11.4 Å². The van der Waals surface area contributed by atoms with Gasteiger partial charge in [-0.3, -0.25) is 4.57 Å². The molecule has 0 saturated heterocycles. The Hall–Kier alpha value is -1.91. The molecule has 17 heavy (non-hydrogen) atoms. The molecule has 2 aromatic rings. The zero-order chi connectivity index (χ0) is 12.3. The quantitative estimate of drug-likeness (QED) is 0.884. The van der Waals surface area contributed by atoms with Crippen LogP contribution in [0.2, 0.25) is 0 Å². The zero-order valence-electron chi connectivity index (χ0n) is 9.94. The number of hydrogen-bond acceptors (Lipinski definition) is 3. The van der Waals surface area contributed by atoms with Crippen LogP contribution in [-0.2, 0) is 6.54 Å². The van der Waals surface area contributed by atoms with Gasteiger partial charge >= 0.3 is 0 Å². The van der Waals surface area contributed by atoms with Crippen molar-refractivity contribution in [2.45, 2.75) is 20.4 Å². The molecule has 0 unspecified atom stereocenters. The number of rotatable bonds is 4. The predicted molar refractivity (Wildman–Crippen MR) is 65.3 cm³/mol. The second kappa shape index (κ2) is 4.95. The molecule has 0 aliphatic rings. The first-order chi connectivity index (χ1) is 8.26. The fraction of sp³-hybridized carbons (Fsp3) is 0.333. The number of halogens is 1. The summed E-state index contributed by atoms with van der Waals surface area (Å²) in [6, 6.07) is 6.38. The van der Waals surface area contributed by atoms with Crippen molar-refractivity contribution in [2.24, 2.45) is 0 Å². The van der Waals surface area contributed by atoms with E-state index in [1.54, 1.807) is 6.07 Å². The number of aromatic nitrogens is 3. The van der Waals surface area contributed by atoms with Crippen LogP contribution in [0.1, 0.15) is 13.8 Å². The number of benzene rings is 1. The molecule has 0 fully saturated rings. The maximum Gasteiger partial charge on any atom is 0.224 e. The Morgan fingerprint density at radius 1 is 1.29 bits per heavy atom. The van der Waals surface area contributed by atoms with E-state index in [9.17, 15) is 4.39 Å². The molecule has 1 heterocycles. The average molecular weight is 234 g/mol. The van der Waals surface area contributed by atoms with Gasteiger partial charge in [-0.05, 0) is 26.0 Å². The van der Waals surface area contributed by atoms with Gasteiger partial charge in [-0.25, -0.2) is 4.39 Å². The lowest BCUT2D eigenvalue weighted by Crippen LogP contribution is -2.06. The number of nitrogens with zero attached hydrogens (tertiary/aromatic N) is 3. The zero-order valence-corrected chi connectivity index (χ0v) is 9.94. The fourth-order valence-corrected chi connectivity index (χ4v) is 1.73. The number of anilines is 1. The van der Waals surface area contributed by atoms with Gasteiger partial charge in [0.1, 0.15) is 5.82 Å². The van der Waals surface area contributed by atoms with Crippen molar-refractivity contribution in [1.29, 1.82) is 0 Å². The summed E-state index contributed by atoms with van der Waals surface area (Å²) in [6.07, 6.45) is 0. The van der Waals surface area contributed by atoms with Crippen LogP contribution >= 0.6 is 0 Å². The molecule has 0 aliphatic heterocycles. The van der Waals surface area contributed by atoms with Gasteiger partial charge in [0, 0.05) is 18.7 Å². The molecule has 0 amide bonds. The van der Waals surface area contributed by atoms with Gasteiger partial charge < -0.3 is 5.32 Å². The van der Waals surface area contributed by atoms with Crippen LogP contribution in [0, 0.1) is 5.82 Å². The van der Waals surface area contributed by atoms with Gasteiger partial charge in [0.25, 0.3) is 0 Å². The number of hydrogen-bond donors (Lipinski definition) is 1. The second-order valence-corrected chi connectivity index (χ2v) is 3.63. The summed E-state index contributed by atoms with van der Waals surface area (Å²) in [7, 11) is 0. The van der Waals surface area contributed by atoms with Crippen molar-refractivity contribution in [2.75, 3.05) is 11.9 Å². The molecule has 0 bridgehead atoms. The third kappa shape index (κ3) is 2.27. The van der Waals surface area contributed by atoms with Crippen molar-refractivity contribution in [3.63, 3.8) is 0 Å². The fourth-order valence-electron chi connectivity index (χ4n) is 1.73. The Kier molecular flexibility index (Phi) is 3.37. The highest BCUT2D eigenvalue weighted by atomic mass is 19.1. The highest BCUT2D eigenvalue weighted by Gasteiger charge is 2.11. The van der Waals surface area contributed by atoms with Crippen LogP contribution in [0.3, 0.4) is 0 Å². The van der Waals surface area contributed by atoms with Crippen molar-refractivity contribution in [1.82, 2.24) is 14.8 Å². The maximum absolute atomic E-state index is 13.2. The predicted octanol–water partition coefficient (Wildman–Crippen LogP) is 2.54. The van der Waals surface area contributed by atoms with Crippen LogP contribution in [-0.4, -0.2) is 21.3 Å². The molecular formula is C12H15FN4. The standard InChI is InChI=1S/C12H15FN4/c1-3-14-12-16-15-11(17(12)4-2)9-6-5-7-10(13)8-9/h5-8H,3-4H2,1-2H3,(H,14,16). The molecular weight excluding hydrogens is 219 g/mol. The van der Waals surface area contributed by atoms with Crippen molar-refractivity contribution >= 4 is 5.95 Å². The summed E-state index contributed by atoms with van der Waals surface area (Å²) in [5.41, 5.74) is 0.739. The molecule has 1 aromatic heterocycles. The molecule has 0 spiro atoms. The summed E-state index contributed by atoms with van der Waals surface area (Å²) in [5, 5.41) is 11.3. The van der Waals surface area contributed by atoms with E-state index >= 15 is 0 Å². The van der Waals surface area contributed by atoms with E-state index in [1.807, 2.05) is 24.5 Å². The lowest BCUT2D eigenvalue weighted by atomic mass is 10.2. The monoisotopic (exact) mass is 234 g/mol. The molecule has 90 valence electrons. The van der Waals surface area contributed by atoms with Gasteiger partial charge in [-0.1, -0.05) is 12.1 Å². The van der Waals surface area contributed by atoms with E-state index in [1.165, 1.54) is 12.1 Å². The van der Waals surface area contributed by atoms with Gasteiger partial charge in [-0.2, -0.15) is 0 Å². The van der Waals surface area contributed by atoms with E-state index in [0.29, 0.717) is 11.8 Å². The van der Waals surface area contributed by atoms with Gasteiger partial charge in [-0.15, -0.1) is 10.2 Å². The molecule has 2 rings (SSSR count). The molecule has 4 nitrogen and oxygen atoms in total. The highest BCUT2D eigenvalue weighted by Crippen LogP contribution is 2.21. The van der Waals surface area contributed by atoms with Crippen LogP contribution in [0.25, 0.3) is 11.4 Å². The molecule has 1 aromatic carbocycles. The Morgan fingerprint density at radius 2 is 2.12 bits per heavy atom. The van der Waals surface area contributed by atoms with Gasteiger partial charge in [0.2, 0.25) is 5.95 Å². The Morgan fingerprint density at radius 3 is 2.76 bits per heavy atom. The first kappa shape index (κ1) is 11.6. The summed E-state index contributed by atoms with van der Waals surface area (Å²) >= 11 is 0. The normalized spacial score (nSPS) is 10.5. The highest BCUT2D eigenvalue weighted by molar-refractivity contribution is 5.57. The van der Waals surface area contributed by atoms with Crippen LogP contribution in [0.4, 0.5) is 10.3 Å². The Bertz CT molecular complexity index is 507. The van der Waals surface area contributed by atoms with Crippen LogP contribution in [0.15, 0.2) is 24.3 Å². The van der Waals surface area contributed by atoms with E-state index in [0.717, 1.165) is 18.7 Å².